The summed E-state index contributed by atoms with van der Waals surface area (Å²) in [6, 6.07) is 5.88. The Kier molecular flexibility index (Phi) is 2.77. The first-order valence-corrected chi connectivity index (χ1v) is 5.68. The molecule has 0 aliphatic heterocycles. The Balaban J connectivity index is 2.47. The van der Waals surface area contributed by atoms with Crippen molar-refractivity contribution < 1.29 is 0 Å². The summed E-state index contributed by atoms with van der Waals surface area (Å²) in [5, 5.41) is 4.00. The number of aryl methyl sites for hydroxylation is 1. The average Bonchev–Trinajstić information content (AvgIpc) is 2.57. The molecule has 0 saturated carbocycles. The number of halogens is 2. The summed E-state index contributed by atoms with van der Waals surface area (Å²) in [6.45, 7) is 1.97. The molecule has 1 aromatic heterocycles. The SMILES string of the molecule is Cc1ccc(-c2nc(Cl)cs2)cc1Cl. The van der Waals surface area contributed by atoms with E-state index in [1.54, 1.807) is 0 Å². The van der Waals surface area contributed by atoms with E-state index in [-0.39, 0.29) is 0 Å². The lowest BCUT2D eigenvalue weighted by Crippen LogP contribution is -1.79. The first-order valence-electron chi connectivity index (χ1n) is 4.04. The van der Waals surface area contributed by atoms with Crippen LogP contribution in [0.4, 0.5) is 0 Å². The summed E-state index contributed by atoms with van der Waals surface area (Å²) in [7, 11) is 0. The molecule has 1 aromatic carbocycles. The predicted molar refractivity (Wildman–Crippen MR) is 62.3 cm³/mol. The summed E-state index contributed by atoms with van der Waals surface area (Å²) in [6.07, 6.45) is 0. The van der Waals surface area contributed by atoms with Crippen molar-refractivity contribution in [2.45, 2.75) is 6.92 Å². The van der Waals surface area contributed by atoms with Crippen molar-refractivity contribution in [2.24, 2.45) is 0 Å². The van der Waals surface area contributed by atoms with Crippen molar-refractivity contribution in [2.75, 3.05) is 0 Å². The van der Waals surface area contributed by atoms with Gasteiger partial charge in [-0.3, -0.25) is 0 Å². The maximum absolute atomic E-state index is 6.01. The second-order valence-electron chi connectivity index (χ2n) is 2.94. The van der Waals surface area contributed by atoms with Crippen molar-refractivity contribution in [1.29, 1.82) is 0 Å². The highest BCUT2D eigenvalue weighted by molar-refractivity contribution is 7.13. The van der Waals surface area contributed by atoms with Gasteiger partial charge in [0.2, 0.25) is 0 Å². The molecule has 14 heavy (non-hydrogen) atoms. The number of aromatic nitrogens is 1. The monoisotopic (exact) mass is 243 g/mol. The number of rotatable bonds is 1. The fourth-order valence-corrected chi connectivity index (χ4v) is 2.24. The van der Waals surface area contributed by atoms with Gasteiger partial charge in [0.25, 0.3) is 0 Å². The minimum atomic E-state index is 0.529. The van der Waals surface area contributed by atoms with Gasteiger partial charge >= 0.3 is 0 Å². The van der Waals surface area contributed by atoms with Crippen LogP contribution in [0.5, 0.6) is 0 Å². The summed E-state index contributed by atoms with van der Waals surface area (Å²) >= 11 is 13.3. The van der Waals surface area contributed by atoms with Crippen LogP contribution in [0.2, 0.25) is 10.2 Å². The maximum atomic E-state index is 6.01. The molecule has 0 fully saturated rings. The highest BCUT2D eigenvalue weighted by Crippen LogP contribution is 2.28. The Labute approximate surface area is 96.3 Å². The predicted octanol–water partition coefficient (Wildman–Crippen LogP) is 4.43. The second-order valence-corrected chi connectivity index (χ2v) is 4.59. The van der Waals surface area contributed by atoms with Crippen molar-refractivity contribution in [1.82, 2.24) is 4.98 Å². The molecule has 0 aliphatic rings. The third-order valence-electron chi connectivity index (χ3n) is 1.89. The fraction of sp³-hybridized carbons (Fsp3) is 0.100. The number of nitrogens with zero attached hydrogens (tertiary/aromatic N) is 1. The van der Waals surface area contributed by atoms with Crippen molar-refractivity contribution in [3.05, 3.63) is 39.3 Å². The van der Waals surface area contributed by atoms with E-state index in [4.69, 9.17) is 23.2 Å². The number of thiazole rings is 1. The van der Waals surface area contributed by atoms with E-state index in [2.05, 4.69) is 4.98 Å². The van der Waals surface area contributed by atoms with Gasteiger partial charge in [0.1, 0.15) is 10.2 Å². The van der Waals surface area contributed by atoms with Gasteiger partial charge in [-0.1, -0.05) is 35.3 Å². The summed E-state index contributed by atoms with van der Waals surface area (Å²) in [5.74, 6) is 0. The quantitative estimate of drug-likeness (QED) is 0.723. The third kappa shape index (κ3) is 1.92. The molecule has 4 heteroatoms. The molecule has 1 nitrogen and oxygen atoms in total. The largest absolute Gasteiger partial charge is 0.224 e. The minimum Gasteiger partial charge on any atom is -0.224 e. The van der Waals surface area contributed by atoms with Gasteiger partial charge in [-0.25, -0.2) is 4.98 Å². The molecule has 72 valence electrons. The molecule has 0 bridgehead atoms. The molecule has 1 heterocycles. The zero-order valence-corrected chi connectivity index (χ0v) is 9.75. The molecule has 2 rings (SSSR count). The van der Waals surface area contributed by atoms with Gasteiger partial charge in [0.05, 0.1) is 0 Å². The van der Waals surface area contributed by atoms with Crippen LogP contribution >= 0.6 is 34.5 Å². The molecule has 0 amide bonds. The van der Waals surface area contributed by atoms with Crippen LogP contribution in [0.25, 0.3) is 10.6 Å². The Hall–Kier alpha value is -0.570. The fourth-order valence-electron chi connectivity index (χ4n) is 1.11. The van der Waals surface area contributed by atoms with E-state index < -0.39 is 0 Å². The molecular weight excluding hydrogens is 237 g/mol. The molecule has 0 aliphatic carbocycles. The maximum Gasteiger partial charge on any atom is 0.140 e. The van der Waals surface area contributed by atoms with E-state index >= 15 is 0 Å². The lowest BCUT2D eigenvalue weighted by molar-refractivity contribution is 1.40. The van der Waals surface area contributed by atoms with E-state index in [9.17, 15) is 0 Å². The Morgan fingerprint density at radius 1 is 1.29 bits per heavy atom. The zero-order chi connectivity index (χ0) is 10.1. The van der Waals surface area contributed by atoms with Crippen LogP contribution in [0.1, 0.15) is 5.56 Å². The Bertz CT molecular complexity index is 465. The Morgan fingerprint density at radius 3 is 2.64 bits per heavy atom. The third-order valence-corrected chi connectivity index (χ3v) is 3.52. The van der Waals surface area contributed by atoms with Gasteiger partial charge in [-0.15, -0.1) is 11.3 Å². The van der Waals surface area contributed by atoms with Gasteiger partial charge in [-0.2, -0.15) is 0 Å². The van der Waals surface area contributed by atoms with Crippen LogP contribution in [0, 0.1) is 6.92 Å². The Morgan fingerprint density at radius 2 is 2.07 bits per heavy atom. The van der Waals surface area contributed by atoms with E-state index in [0.29, 0.717) is 5.15 Å². The van der Waals surface area contributed by atoms with Gasteiger partial charge in [-0.05, 0) is 18.6 Å². The number of hydrogen-bond donors (Lipinski definition) is 0. The lowest BCUT2D eigenvalue weighted by Gasteiger charge is -1.99. The van der Waals surface area contributed by atoms with Crippen LogP contribution in [-0.2, 0) is 0 Å². The van der Waals surface area contributed by atoms with Crippen molar-refractivity contribution in [3.63, 3.8) is 0 Å². The first-order chi connectivity index (χ1) is 6.66. The van der Waals surface area contributed by atoms with Crippen LogP contribution in [0.3, 0.4) is 0 Å². The molecule has 0 N–H and O–H groups in total. The summed E-state index contributed by atoms with van der Waals surface area (Å²) in [5.41, 5.74) is 2.08. The average molecular weight is 244 g/mol. The molecule has 0 radical (unpaired) electrons. The standard InChI is InChI=1S/C10H7Cl2NS/c1-6-2-3-7(4-8(6)11)10-13-9(12)5-14-10/h2-5H,1H3. The molecule has 0 spiro atoms. The smallest absolute Gasteiger partial charge is 0.140 e. The van der Waals surface area contributed by atoms with Gasteiger partial charge in [0, 0.05) is 16.0 Å². The minimum absolute atomic E-state index is 0.529. The normalized spacial score (nSPS) is 10.5. The van der Waals surface area contributed by atoms with Gasteiger partial charge < -0.3 is 0 Å². The van der Waals surface area contributed by atoms with Crippen LogP contribution < -0.4 is 0 Å². The van der Waals surface area contributed by atoms with E-state index in [1.165, 1.54) is 11.3 Å². The first kappa shape index (κ1) is 9.97. The molecule has 0 unspecified atom stereocenters. The van der Waals surface area contributed by atoms with Crippen LogP contribution in [-0.4, -0.2) is 4.98 Å². The van der Waals surface area contributed by atoms with Gasteiger partial charge in [0.15, 0.2) is 0 Å². The van der Waals surface area contributed by atoms with E-state index in [1.807, 2.05) is 30.5 Å². The molecule has 0 saturated heterocycles. The lowest BCUT2D eigenvalue weighted by atomic mass is 10.1. The van der Waals surface area contributed by atoms with Crippen molar-refractivity contribution >= 4 is 34.5 Å². The highest BCUT2D eigenvalue weighted by Gasteiger charge is 2.04. The highest BCUT2D eigenvalue weighted by atomic mass is 35.5. The molecular formula is C10H7Cl2NS. The molecule has 0 atom stereocenters. The second kappa shape index (κ2) is 3.89. The summed E-state index contributed by atoms with van der Waals surface area (Å²) in [4.78, 5) is 4.18. The summed E-state index contributed by atoms with van der Waals surface area (Å²) < 4.78 is 0. The molecule has 2 aromatic rings. The topological polar surface area (TPSA) is 12.9 Å². The zero-order valence-electron chi connectivity index (χ0n) is 7.42. The van der Waals surface area contributed by atoms with E-state index in [0.717, 1.165) is 21.2 Å². The van der Waals surface area contributed by atoms with Crippen LogP contribution in [0.15, 0.2) is 23.6 Å². The number of benzene rings is 1. The van der Waals surface area contributed by atoms with Crippen molar-refractivity contribution in [3.8, 4) is 10.6 Å². The number of hydrogen-bond acceptors (Lipinski definition) is 2.